The molecule has 2 amide bonds. The molecule has 2 aromatic carbocycles. The molecule has 1 atom stereocenters. The Morgan fingerprint density at radius 3 is 2.33 bits per heavy atom. The number of nitrogens with one attached hydrogen (secondary N) is 1. The Kier molecular flexibility index (Phi) is 9.68. The predicted octanol–water partition coefficient (Wildman–Crippen LogP) is 4.75. The molecule has 5 nitrogen and oxygen atoms in total. The van der Waals surface area contributed by atoms with Crippen molar-refractivity contribution >= 4 is 23.4 Å². The molecular formula is C24H31ClN2O3. The second kappa shape index (κ2) is 12.2. The first-order valence-electron chi connectivity index (χ1n) is 10.5. The molecule has 0 bridgehead atoms. The zero-order chi connectivity index (χ0) is 21.9. The van der Waals surface area contributed by atoms with Crippen molar-refractivity contribution in [3.63, 3.8) is 0 Å². The summed E-state index contributed by atoms with van der Waals surface area (Å²) >= 11 is 5.90. The summed E-state index contributed by atoms with van der Waals surface area (Å²) in [5.74, 6) is 0.199. The molecule has 0 aliphatic rings. The fourth-order valence-corrected chi connectivity index (χ4v) is 3.20. The second-order valence-electron chi connectivity index (χ2n) is 7.32. The van der Waals surface area contributed by atoms with Gasteiger partial charge in [0.2, 0.25) is 5.91 Å². The number of nitrogens with zero attached hydrogens (tertiary/aromatic N) is 1. The summed E-state index contributed by atoms with van der Waals surface area (Å²) in [7, 11) is 0. The molecule has 30 heavy (non-hydrogen) atoms. The molecule has 2 aromatic rings. The number of benzene rings is 2. The minimum absolute atomic E-state index is 0.127. The minimum Gasteiger partial charge on any atom is -0.484 e. The molecule has 2 rings (SSSR count). The lowest BCUT2D eigenvalue weighted by Gasteiger charge is -2.30. The van der Waals surface area contributed by atoms with E-state index in [0.717, 1.165) is 24.0 Å². The van der Waals surface area contributed by atoms with Crippen LogP contribution in [-0.2, 0) is 16.1 Å². The van der Waals surface area contributed by atoms with E-state index in [9.17, 15) is 9.59 Å². The average molecular weight is 431 g/mol. The van der Waals surface area contributed by atoms with Crippen molar-refractivity contribution in [3.8, 4) is 5.75 Å². The Labute approximate surface area is 184 Å². The van der Waals surface area contributed by atoms with Crippen LogP contribution in [-0.4, -0.2) is 35.9 Å². The van der Waals surface area contributed by atoms with Gasteiger partial charge in [-0.15, -0.1) is 0 Å². The maximum absolute atomic E-state index is 13.1. The van der Waals surface area contributed by atoms with Crippen molar-refractivity contribution in [2.75, 3.05) is 13.2 Å². The SMILES string of the molecule is CCCCNC(=O)[C@@H](CC)N(Cc1ccc(C)cc1)C(=O)COc1ccc(Cl)cc1. The number of amides is 2. The number of aryl methyl sites for hydroxylation is 1. The number of unbranched alkanes of at least 4 members (excludes halogenated alkanes) is 1. The highest BCUT2D eigenvalue weighted by Crippen LogP contribution is 2.17. The highest BCUT2D eigenvalue weighted by Gasteiger charge is 2.28. The van der Waals surface area contributed by atoms with Gasteiger partial charge < -0.3 is 15.0 Å². The minimum atomic E-state index is -0.551. The average Bonchev–Trinajstić information content (AvgIpc) is 2.74. The van der Waals surface area contributed by atoms with Gasteiger partial charge in [-0.3, -0.25) is 9.59 Å². The molecule has 162 valence electrons. The Morgan fingerprint density at radius 1 is 1.07 bits per heavy atom. The second-order valence-corrected chi connectivity index (χ2v) is 7.75. The smallest absolute Gasteiger partial charge is 0.261 e. The number of rotatable bonds is 11. The van der Waals surface area contributed by atoms with Crippen molar-refractivity contribution in [3.05, 3.63) is 64.7 Å². The molecule has 0 saturated carbocycles. The van der Waals surface area contributed by atoms with Crippen LogP contribution in [0.1, 0.15) is 44.2 Å². The van der Waals surface area contributed by atoms with Gasteiger partial charge in [0.1, 0.15) is 11.8 Å². The molecule has 0 aromatic heterocycles. The van der Waals surface area contributed by atoms with Crippen molar-refractivity contribution in [2.24, 2.45) is 0 Å². The summed E-state index contributed by atoms with van der Waals surface area (Å²) in [6.07, 6.45) is 2.43. The highest BCUT2D eigenvalue weighted by molar-refractivity contribution is 6.30. The zero-order valence-electron chi connectivity index (χ0n) is 18.0. The van der Waals surface area contributed by atoms with E-state index < -0.39 is 6.04 Å². The fraction of sp³-hybridized carbons (Fsp3) is 0.417. The predicted molar refractivity (Wildman–Crippen MR) is 121 cm³/mol. The molecule has 0 heterocycles. The van der Waals surface area contributed by atoms with E-state index in [2.05, 4.69) is 12.2 Å². The van der Waals surface area contributed by atoms with Crippen molar-refractivity contribution in [1.82, 2.24) is 10.2 Å². The summed E-state index contributed by atoms with van der Waals surface area (Å²) in [5, 5.41) is 3.56. The first kappa shape index (κ1) is 23.7. The number of hydrogen-bond donors (Lipinski definition) is 1. The van der Waals surface area contributed by atoms with Gasteiger partial charge in [0.15, 0.2) is 6.61 Å². The van der Waals surface area contributed by atoms with E-state index in [1.807, 2.05) is 38.1 Å². The number of halogens is 1. The quantitative estimate of drug-likeness (QED) is 0.523. The number of hydrogen-bond acceptors (Lipinski definition) is 3. The van der Waals surface area contributed by atoms with E-state index in [-0.39, 0.29) is 18.4 Å². The third-order valence-corrected chi connectivity index (χ3v) is 5.12. The molecule has 0 radical (unpaired) electrons. The Balaban J connectivity index is 2.15. The van der Waals surface area contributed by atoms with Crippen LogP contribution in [0.5, 0.6) is 5.75 Å². The Bertz CT molecular complexity index is 806. The normalized spacial score (nSPS) is 11.6. The van der Waals surface area contributed by atoms with Crippen LogP contribution in [0.15, 0.2) is 48.5 Å². The zero-order valence-corrected chi connectivity index (χ0v) is 18.7. The van der Waals surface area contributed by atoms with Crippen LogP contribution in [0.2, 0.25) is 5.02 Å². The molecule has 1 N–H and O–H groups in total. The maximum Gasteiger partial charge on any atom is 0.261 e. The Hall–Kier alpha value is -2.53. The lowest BCUT2D eigenvalue weighted by molar-refractivity contribution is -0.143. The van der Waals surface area contributed by atoms with E-state index in [1.165, 1.54) is 0 Å². The van der Waals surface area contributed by atoms with Crippen LogP contribution in [0, 0.1) is 6.92 Å². The van der Waals surface area contributed by atoms with Crippen molar-refractivity contribution in [1.29, 1.82) is 0 Å². The van der Waals surface area contributed by atoms with Gasteiger partial charge in [-0.2, -0.15) is 0 Å². The monoisotopic (exact) mass is 430 g/mol. The van der Waals surface area contributed by atoms with Crippen LogP contribution in [0.25, 0.3) is 0 Å². The molecule has 6 heteroatoms. The van der Waals surface area contributed by atoms with Crippen molar-refractivity contribution in [2.45, 2.75) is 52.6 Å². The van der Waals surface area contributed by atoms with Gasteiger partial charge >= 0.3 is 0 Å². The van der Waals surface area contributed by atoms with Gasteiger partial charge in [0.05, 0.1) is 0 Å². The molecular weight excluding hydrogens is 400 g/mol. The van der Waals surface area contributed by atoms with Gasteiger partial charge in [0, 0.05) is 18.1 Å². The summed E-state index contributed by atoms with van der Waals surface area (Å²) < 4.78 is 5.65. The first-order valence-corrected chi connectivity index (χ1v) is 10.8. The molecule has 0 saturated heterocycles. The lowest BCUT2D eigenvalue weighted by Crippen LogP contribution is -2.50. The summed E-state index contributed by atoms with van der Waals surface area (Å²) in [6.45, 7) is 6.82. The van der Waals surface area contributed by atoms with Crippen LogP contribution < -0.4 is 10.1 Å². The third kappa shape index (κ3) is 7.38. The number of carbonyl (C=O) groups is 2. The largest absolute Gasteiger partial charge is 0.484 e. The molecule has 0 aliphatic heterocycles. The van der Waals surface area contributed by atoms with Gasteiger partial charge in [-0.1, -0.05) is 61.7 Å². The summed E-state index contributed by atoms with van der Waals surface area (Å²) in [6, 6.07) is 14.3. The van der Waals surface area contributed by atoms with Crippen molar-refractivity contribution < 1.29 is 14.3 Å². The standard InChI is InChI=1S/C24H31ClN2O3/c1-4-6-15-26-24(29)22(5-2)27(16-19-9-7-18(3)8-10-19)23(28)17-30-21-13-11-20(25)12-14-21/h7-14,22H,4-6,15-17H2,1-3H3,(H,26,29)/t22-/m1/s1. The van der Waals surface area contributed by atoms with Crippen LogP contribution >= 0.6 is 11.6 Å². The van der Waals surface area contributed by atoms with Crippen LogP contribution in [0.4, 0.5) is 0 Å². The summed E-state index contributed by atoms with van der Waals surface area (Å²) in [5.41, 5.74) is 2.12. The first-order chi connectivity index (χ1) is 14.4. The molecule has 0 unspecified atom stereocenters. The Morgan fingerprint density at radius 2 is 1.73 bits per heavy atom. The summed E-state index contributed by atoms with van der Waals surface area (Å²) in [4.78, 5) is 27.5. The molecule has 0 spiro atoms. The van der Waals surface area contributed by atoms with Gasteiger partial charge in [0.25, 0.3) is 5.91 Å². The van der Waals surface area contributed by atoms with E-state index in [0.29, 0.717) is 30.3 Å². The highest BCUT2D eigenvalue weighted by atomic mass is 35.5. The fourth-order valence-electron chi connectivity index (χ4n) is 3.07. The number of carbonyl (C=O) groups excluding carboxylic acids is 2. The number of ether oxygens (including phenoxy) is 1. The van der Waals surface area contributed by atoms with E-state index >= 15 is 0 Å². The topological polar surface area (TPSA) is 58.6 Å². The molecule has 0 fully saturated rings. The molecule has 0 aliphatic carbocycles. The van der Waals surface area contributed by atoms with E-state index in [4.69, 9.17) is 16.3 Å². The lowest BCUT2D eigenvalue weighted by atomic mass is 10.1. The van der Waals surface area contributed by atoms with E-state index in [1.54, 1.807) is 29.2 Å². The van der Waals surface area contributed by atoms with Gasteiger partial charge in [-0.25, -0.2) is 0 Å². The van der Waals surface area contributed by atoms with Crippen LogP contribution in [0.3, 0.4) is 0 Å². The third-order valence-electron chi connectivity index (χ3n) is 4.86. The maximum atomic E-state index is 13.1. The van der Waals surface area contributed by atoms with Gasteiger partial charge in [-0.05, 0) is 49.6 Å².